The summed E-state index contributed by atoms with van der Waals surface area (Å²) in [5, 5.41) is 5.74. The molecule has 0 atom stereocenters. The maximum Gasteiger partial charge on any atom is 0.268 e. The summed E-state index contributed by atoms with van der Waals surface area (Å²) in [6, 6.07) is 7.92. The fraction of sp³-hybridized carbons (Fsp3) is 0.154. The first-order valence-corrected chi connectivity index (χ1v) is 7.34. The van der Waals surface area contributed by atoms with E-state index in [4.69, 9.17) is 11.6 Å². The van der Waals surface area contributed by atoms with Crippen LogP contribution in [-0.4, -0.2) is 19.3 Å². The van der Waals surface area contributed by atoms with Crippen LogP contribution in [0.1, 0.15) is 5.69 Å². The zero-order chi connectivity index (χ0) is 14.3. The number of hydrogen-bond donors (Lipinski definition) is 0. The van der Waals surface area contributed by atoms with Crippen LogP contribution in [0.2, 0.25) is 5.15 Å². The van der Waals surface area contributed by atoms with Gasteiger partial charge < -0.3 is 0 Å². The molecule has 0 aliphatic heterocycles. The van der Waals surface area contributed by atoms with Crippen molar-refractivity contribution in [1.29, 1.82) is 0 Å². The Hall–Kier alpha value is -1.41. The minimum Gasteiger partial charge on any atom is -0.292 e. The van der Waals surface area contributed by atoms with Crippen LogP contribution in [0.4, 0.5) is 0 Å². The highest BCUT2D eigenvalue weighted by Gasteiger charge is 2.11. The van der Waals surface area contributed by atoms with E-state index in [2.05, 4.69) is 10.1 Å². The average Bonchev–Trinajstić information content (AvgIpc) is 2.77. The molecule has 0 N–H and O–H groups in total. The molecule has 0 aliphatic carbocycles. The Bertz CT molecular complexity index is 855. The summed E-state index contributed by atoms with van der Waals surface area (Å²) >= 11 is 7.74. The van der Waals surface area contributed by atoms with Crippen LogP contribution in [-0.2, 0) is 13.6 Å². The van der Waals surface area contributed by atoms with Crippen molar-refractivity contribution >= 4 is 45.1 Å². The zero-order valence-corrected chi connectivity index (χ0v) is 13.5. The lowest BCUT2D eigenvalue weighted by molar-refractivity contribution is 0.686. The van der Waals surface area contributed by atoms with Crippen molar-refractivity contribution in [2.45, 2.75) is 6.54 Å². The first-order valence-electron chi connectivity index (χ1n) is 5.89. The van der Waals surface area contributed by atoms with Gasteiger partial charge in [-0.15, -0.1) is 0 Å². The summed E-state index contributed by atoms with van der Waals surface area (Å²) in [6.07, 6.45) is 1.45. The second kappa shape index (κ2) is 5.17. The molecule has 0 saturated carbocycles. The van der Waals surface area contributed by atoms with Crippen molar-refractivity contribution < 1.29 is 0 Å². The molecule has 7 heteroatoms. The molecule has 0 radical (unpaired) electrons. The molecule has 3 rings (SSSR count). The number of benzene rings is 1. The van der Waals surface area contributed by atoms with E-state index in [1.54, 1.807) is 0 Å². The third-order valence-corrected chi connectivity index (χ3v) is 4.67. The molecule has 3 aromatic rings. The highest BCUT2D eigenvalue weighted by atomic mass is 127. The van der Waals surface area contributed by atoms with Crippen molar-refractivity contribution in [3.8, 4) is 0 Å². The van der Waals surface area contributed by atoms with Gasteiger partial charge in [0.2, 0.25) is 0 Å². The van der Waals surface area contributed by atoms with E-state index in [9.17, 15) is 4.79 Å². The van der Waals surface area contributed by atoms with Gasteiger partial charge in [-0.1, -0.05) is 29.8 Å². The Morgan fingerprint density at radius 2 is 2.10 bits per heavy atom. The summed E-state index contributed by atoms with van der Waals surface area (Å²) in [5.41, 5.74) is 1.72. The number of para-hydroxylation sites is 1. The molecule has 0 aliphatic rings. The second-order valence-electron chi connectivity index (χ2n) is 4.37. The Kier molecular flexibility index (Phi) is 3.51. The van der Waals surface area contributed by atoms with Gasteiger partial charge >= 0.3 is 0 Å². The van der Waals surface area contributed by atoms with Crippen molar-refractivity contribution in [3.05, 3.63) is 55.4 Å². The fourth-order valence-electron chi connectivity index (χ4n) is 2.12. The molecule has 5 nitrogen and oxygen atoms in total. The zero-order valence-electron chi connectivity index (χ0n) is 10.5. The minimum atomic E-state index is -0.152. The highest BCUT2D eigenvalue weighted by Crippen LogP contribution is 2.18. The molecule has 0 saturated heterocycles. The maximum atomic E-state index is 12.1. The predicted molar refractivity (Wildman–Crippen MR) is 86.0 cm³/mol. The quantitative estimate of drug-likeness (QED) is 0.490. The van der Waals surface area contributed by atoms with Crippen molar-refractivity contribution in [2.24, 2.45) is 7.05 Å². The molecule has 0 spiro atoms. The maximum absolute atomic E-state index is 12.1. The van der Waals surface area contributed by atoms with E-state index >= 15 is 0 Å². The molecular weight excluding hydrogens is 391 g/mol. The van der Waals surface area contributed by atoms with E-state index in [-0.39, 0.29) is 10.7 Å². The van der Waals surface area contributed by atoms with E-state index in [1.165, 1.54) is 10.9 Å². The number of halogens is 2. The van der Waals surface area contributed by atoms with E-state index in [0.29, 0.717) is 10.1 Å². The third-order valence-electron chi connectivity index (χ3n) is 3.09. The largest absolute Gasteiger partial charge is 0.292 e. The molecule has 0 fully saturated rings. The topological polar surface area (TPSA) is 52.7 Å². The van der Waals surface area contributed by atoms with Gasteiger partial charge in [0.25, 0.3) is 5.56 Å². The van der Waals surface area contributed by atoms with Crippen LogP contribution in [0.25, 0.3) is 10.9 Å². The summed E-state index contributed by atoms with van der Waals surface area (Å²) in [6.45, 7) is 0.375. The van der Waals surface area contributed by atoms with Crippen LogP contribution in [0.3, 0.4) is 0 Å². The number of rotatable bonds is 2. The van der Waals surface area contributed by atoms with Gasteiger partial charge in [-0.3, -0.25) is 14.0 Å². The van der Waals surface area contributed by atoms with Gasteiger partial charge in [-0.2, -0.15) is 5.10 Å². The average molecular weight is 401 g/mol. The van der Waals surface area contributed by atoms with Crippen LogP contribution in [0, 0.1) is 3.57 Å². The molecule has 0 unspecified atom stereocenters. The van der Waals surface area contributed by atoms with Gasteiger partial charge in [0.1, 0.15) is 8.72 Å². The third kappa shape index (κ3) is 2.22. The normalized spacial score (nSPS) is 11.2. The Morgan fingerprint density at radius 1 is 1.35 bits per heavy atom. The number of fused-ring (bicyclic) bond motifs is 1. The van der Waals surface area contributed by atoms with Gasteiger partial charge in [-0.25, -0.2) is 4.98 Å². The first-order chi connectivity index (χ1) is 9.58. The molecule has 102 valence electrons. The lowest BCUT2D eigenvalue weighted by Crippen LogP contribution is -2.24. The van der Waals surface area contributed by atoms with Gasteiger partial charge in [0.15, 0.2) is 0 Å². The SMILES string of the molecule is Cn1nc(Cn2cnc(Cl)c(I)c2=O)c2ccccc21. The molecule has 2 aromatic heterocycles. The predicted octanol–water partition coefficient (Wildman–Crippen LogP) is 2.44. The van der Waals surface area contributed by atoms with E-state index in [1.807, 2.05) is 58.6 Å². The standard InChI is InChI=1S/C13H10ClIN4O/c1-18-10-5-3-2-4-8(10)9(17-18)6-19-7-16-12(14)11(15)13(19)20/h2-5,7H,6H2,1H3. The monoisotopic (exact) mass is 400 g/mol. The molecule has 0 amide bonds. The number of aryl methyl sites for hydroxylation is 1. The number of hydrogen-bond acceptors (Lipinski definition) is 3. The van der Waals surface area contributed by atoms with Crippen molar-refractivity contribution in [1.82, 2.24) is 19.3 Å². The molecule has 2 heterocycles. The summed E-state index contributed by atoms with van der Waals surface area (Å²) in [7, 11) is 1.89. The lowest BCUT2D eigenvalue weighted by atomic mass is 10.2. The van der Waals surface area contributed by atoms with Gasteiger partial charge in [0.05, 0.1) is 24.1 Å². The Morgan fingerprint density at radius 3 is 2.90 bits per heavy atom. The Labute approximate surface area is 133 Å². The van der Waals surface area contributed by atoms with Crippen LogP contribution in [0.5, 0.6) is 0 Å². The van der Waals surface area contributed by atoms with E-state index in [0.717, 1.165) is 16.6 Å². The summed E-state index contributed by atoms with van der Waals surface area (Å²) in [4.78, 5) is 16.1. The smallest absolute Gasteiger partial charge is 0.268 e. The first kappa shape index (κ1) is 13.6. The van der Waals surface area contributed by atoms with Gasteiger partial charge in [-0.05, 0) is 28.7 Å². The molecule has 0 bridgehead atoms. The minimum absolute atomic E-state index is 0.152. The van der Waals surface area contributed by atoms with Crippen molar-refractivity contribution in [2.75, 3.05) is 0 Å². The van der Waals surface area contributed by atoms with Crippen molar-refractivity contribution in [3.63, 3.8) is 0 Å². The van der Waals surface area contributed by atoms with Crippen LogP contribution < -0.4 is 5.56 Å². The molecule has 1 aromatic carbocycles. The number of aromatic nitrogens is 4. The summed E-state index contributed by atoms with van der Waals surface area (Å²) < 4.78 is 3.75. The van der Waals surface area contributed by atoms with Crippen LogP contribution in [0.15, 0.2) is 35.4 Å². The Balaban J connectivity index is 2.11. The fourth-order valence-corrected chi connectivity index (χ4v) is 2.70. The summed E-state index contributed by atoms with van der Waals surface area (Å²) in [5.74, 6) is 0. The van der Waals surface area contributed by atoms with Gasteiger partial charge in [0, 0.05) is 12.4 Å². The molecule has 20 heavy (non-hydrogen) atoms. The van der Waals surface area contributed by atoms with E-state index < -0.39 is 0 Å². The lowest BCUT2D eigenvalue weighted by Gasteiger charge is -2.04. The van der Waals surface area contributed by atoms with Crippen LogP contribution >= 0.6 is 34.2 Å². The molecular formula is C13H10ClIN4O. The number of nitrogens with zero attached hydrogens (tertiary/aromatic N) is 4. The second-order valence-corrected chi connectivity index (χ2v) is 5.81. The highest BCUT2D eigenvalue weighted by molar-refractivity contribution is 14.1.